The molecule has 214 valence electrons. The summed E-state index contributed by atoms with van der Waals surface area (Å²) in [7, 11) is -2.07. The van der Waals surface area contributed by atoms with Gasteiger partial charge in [-0.2, -0.15) is 0 Å². The zero-order valence-corrected chi connectivity index (χ0v) is 24.5. The Balaban J connectivity index is 1.48. The SMILES string of the molecule is Cc1noc(NS(=O)(=O)c2ccccc2-c2ccc(CN(C)[C@H](C(=O)NC(=O)C3CCCC3)C(C)C)cc2)c1C. The molecule has 2 amide bonds. The molecule has 1 fully saturated rings. The van der Waals surface area contributed by atoms with Gasteiger partial charge in [0.1, 0.15) is 0 Å². The minimum atomic E-state index is -3.94. The van der Waals surface area contributed by atoms with Gasteiger partial charge in [-0.1, -0.05) is 74.3 Å². The quantitative estimate of drug-likeness (QED) is 0.352. The van der Waals surface area contributed by atoms with Crippen LogP contribution in [0.25, 0.3) is 11.1 Å². The molecule has 40 heavy (non-hydrogen) atoms. The molecule has 2 N–H and O–H groups in total. The number of imide groups is 1. The van der Waals surface area contributed by atoms with E-state index in [0.29, 0.717) is 23.4 Å². The van der Waals surface area contributed by atoms with Crippen LogP contribution >= 0.6 is 0 Å². The van der Waals surface area contributed by atoms with Crippen molar-refractivity contribution in [1.29, 1.82) is 0 Å². The number of amides is 2. The number of aromatic nitrogens is 1. The van der Waals surface area contributed by atoms with Crippen molar-refractivity contribution in [2.24, 2.45) is 11.8 Å². The number of hydrogen-bond acceptors (Lipinski definition) is 7. The second kappa shape index (κ2) is 12.3. The van der Waals surface area contributed by atoms with Gasteiger partial charge in [-0.25, -0.2) is 13.1 Å². The van der Waals surface area contributed by atoms with E-state index in [2.05, 4.69) is 15.2 Å². The van der Waals surface area contributed by atoms with Crippen molar-refractivity contribution in [2.75, 3.05) is 11.8 Å². The molecular weight excluding hydrogens is 528 g/mol. The van der Waals surface area contributed by atoms with Gasteiger partial charge < -0.3 is 4.52 Å². The zero-order valence-electron chi connectivity index (χ0n) is 23.7. The fourth-order valence-corrected chi connectivity index (χ4v) is 6.58. The first-order chi connectivity index (χ1) is 19.0. The van der Waals surface area contributed by atoms with E-state index in [4.69, 9.17) is 4.52 Å². The highest BCUT2D eigenvalue weighted by molar-refractivity contribution is 7.92. The molecule has 1 saturated carbocycles. The number of aryl methyl sites for hydroxylation is 1. The molecule has 0 spiro atoms. The van der Waals surface area contributed by atoms with Crippen molar-refractivity contribution in [3.8, 4) is 11.1 Å². The summed E-state index contributed by atoms with van der Waals surface area (Å²) in [6.07, 6.45) is 3.74. The lowest BCUT2D eigenvalue weighted by Gasteiger charge is -2.30. The van der Waals surface area contributed by atoms with Crippen molar-refractivity contribution >= 4 is 27.7 Å². The molecule has 3 aromatic rings. The number of sulfonamides is 1. The molecule has 2 aromatic carbocycles. The van der Waals surface area contributed by atoms with E-state index in [0.717, 1.165) is 36.8 Å². The molecule has 1 heterocycles. The second-order valence-corrected chi connectivity index (χ2v) is 12.6. The molecule has 4 rings (SSSR count). The zero-order chi connectivity index (χ0) is 29.0. The van der Waals surface area contributed by atoms with Crippen LogP contribution in [-0.4, -0.2) is 43.4 Å². The first-order valence-electron chi connectivity index (χ1n) is 13.7. The van der Waals surface area contributed by atoms with Crippen LogP contribution < -0.4 is 10.0 Å². The number of hydrogen-bond donors (Lipinski definition) is 2. The number of anilines is 1. The van der Waals surface area contributed by atoms with E-state index in [1.54, 1.807) is 38.1 Å². The fraction of sp³-hybridized carbons (Fsp3) is 0.433. The van der Waals surface area contributed by atoms with Crippen LogP contribution in [0.3, 0.4) is 0 Å². The van der Waals surface area contributed by atoms with E-state index >= 15 is 0 Å². The fourth-order valence-electron chi connectivity index (χ4n) is 5.30. The van der Waals surface area contributed by atoms with Crippen LogP contribution in [0.15, 0.2) is 57.9 Å². The van der Waals surface area contributed by atoms with Gasteiger partial charge in [0.05, 0.1) is 16.6 Å². The summed E-state index contributed by atoms with van der Waals surface area (Å²) < 4.78 is 34.2. The minimum Gasteiger partial charge on any atom is -0.337 e. The summed E-state index contributed by atoms with van der Waals surface area (Å²) >= 11 is 0. The maximum Gasteiger partial charge on any atom is 0.264 e. The van der Waals surface area contributed by atoms with Gasteiger partial charge in [-0.05, 0) is 56.8 Å². The van der Waals surface area contributed by atoms with E-state index in [1.165, 1.54) is 0 Å². The Morgan fingerprint density at radius 2 is 1.70 bits per heavy atom. The molecule has 0 saturated heterocycles. The van der Waals surface area contributed by atoms with Crippen LogP contribution in [0.5, 0.6) is 0 Å². The number of benzene rings is 2. The minimum absolute atomic E-state index is 0.00187. The highest BCUT2D eigenvalue weighted by Gasteiger charge is 2.31. The lowest BCUT2D eigenvalue weighted by molar-refractivity contribution is -0.136. The lowest BCUT2D eigenvalue weighted by atomic mass is 9.99. The normalized spacial score (nSPS) is 15.0. The van der Waals surface area contributed by atoms with Gasteiger partial charge in [0, 0.05) is 23.6 Å². The van der Waals surface area contributed by atoms with Crippen molar-refractivity contribution in [3.63, 3.8) is 0 Å². The van der Waals surface area contributed by atoms with E-state index < -0.39 is 16.1 Å². The third-order valence-corrected chi connectivity index (χ3v) is 8.99. The molecule has 1 atom stereocenters. The molecule has 0 radical (unpaired) electrons. The standard InChI is InChI=1S/C30H38N4O5S/c1-19(2)27(29(36)31-28(35)24-10-6-7-11-24)34(5)18-22-14-16-23(17-15-22)25-12-8-9-13-26(25)40(37,38)33-30-20(3)21(4)32-39-30/h8-9,12-17,19,24,27,33H,6-7,10-11,18H2,1-5H3,(H,31,35,36)/t27-/m0/s1. The Bertz CT molecular complexity index is 1460. The number of nitrogens with one attached hydrogen (secondary N) is 2. The molecule has 1 aliphatic carbocycles. The number of likely N-dealkylation sites (N-methyl/N-ethyl adjacent to an activating group) is 1. The molecule has 10 heteroatoms. The molecule has 9 nitrogen and oxygen atoms in total. The maximum absolute atomic E-state index is 13.3. The summed E-state index contributed by atoms with van der Waals surface area (Å²) in [6.45, 7) is 7.91. The molecular formula is C30H38N4O5S. The smallest absolute Gasteiger partial charge is 0.264 e. The highest BCUT2D eigenvalue weighted by atomic mass is 32.2. The highest BCUT2D eigenvalue weighted by Crippen LogP contribution is 2.30. The number of carbonyl (C=O) groups excluding carboxylic acids is 2. The molecule has 1 aromatic heterocycles. The van der Waals surface area contributed by atoms with Crippen molar-refractivity contribution < 1.29 is 22.5 Å². The van der Waals surface area contributed by atoms with Crippen LogP contribution in [0.2, 0.25) is 0 Å². The van der Waals surface area contributed by atoms with Gasteiger partial charge in [0.15, 0.2) is 0 Å². The van der Waals surface area contributed by atoms with Crippen LogP contribution in [-0.2, 0) is 26.2 Å². The van der Waals surface area contributed by atoms with Crippen LogP contribution in [0.4, 0.5) is 5.88 Å². The summed E-state index contributed by atoms with van der Waals surface area (Å²) in [4.78, 5) is 27.7. The summed E-state index contributed by atoms with van der Waals surface area (Å²) in [5, 5.41) is 6.48. The van der Waals surface area contributed by atoms with E-state index in [1.807, 2.05) is 50.1 Å². The Kier molecular flexibility index (Phi) is 9.10. The predicted octanol–water partition coefficient (Wildman–Crippen LogP) is 5.05. The van der Waals surface area contributed by atoms with Crippen molar-refractivity contribution in [1.82, 2.24) is 15.4 Å². The topological polar surface area (TPSA) is 122 Å². The van der Waals surface area contributed by atoms with E-state index in [-0.39, 0.29) is 34.4 Å². The third kappa shape index (κ3) is 6.62. The summed E-state index contributed by atoms with van der Waals surface area (Å²) in [5.41, 5.74) is 3.49. The van der Waals surface area contributed by atoms with Crippen LogP contribution in [0, 0.1) is 25.7 Å². The molecule has 0 bridgehead atoms. The van der Waals surface area contributed by atoms with E-state index in [9.17, 15) is 18.0 Å². The number of rotatable bonds is 10. The number of nitrogens with zero attached hydrogens (tertiary/aromatic N) is 2. The maximum atomic E-state index is 13.3. The van der Waals surface area contributed by atoms with Crippen LogP contribution in [0.1, 0.15) is 56.4 Å². The Labute approximate surface area is 236 Å². The Hall–Kier alpha value is -3.50. The van der Waals surface area contributed by atoms with Gasteiger partial charge in [0.2, 0.25) is 17.7 Å². The molecule has 1 aliphatic rings. The Morgan fingerprint density at radius 1 is 1.05 bits per heavy atom. The summed E-state index contributed by atoms with van der Waals surface area (Å²) in [6, 6.07) is 13.9. The third-order valence-electron chi connectivity index (χ3n) is 7.61. The average Bonchev–Trinajstić information content (AvgIpc) is 3.55. The van der Waals surface area contributed by atoms with Gasteiger partial charge in [0.25, 0.3) is 10.0 Å². The second-order valence-electron chi connectivity index (χ2n) is 11.0. The van der Waals surface area contributed by atoms with Crippen molar-refractivity contribution in [3.05, 3.63) is 65.4 Å². The monoisotopic (exact) mass is 566 g/mol. The van der Waals surface area contributed by atoms with Gasteiger partial charge in [-0.15, -0.1) is 0 Å². The molecule has 0 unspecified atom stereocenters. The van der Waals surface area contributed by atoms with Gasteiger partial charge >= 0.3 is 0 Å². The molecule has 0 aliphatic heterocycles. The Morgan fingerprint density at radius 3 is 2.30 bits per heavy atom. The first-order valence-corrected chi connectivity index (χ1v) is 15.1. The predicted molar refractivity (Wildman–Crippen MR) is 154 cm³/mol. The summed E-state index contributed by atoms with van der Waals surface area (Å²) in [5.74, 6) is -0.403. The van der Waals surface area contributed by atoms with Gasteiger partial charge in [-0.3, -0.25) is 19.8 Å². The number of carbonyl (C=O) groups is 2. The largest absolute Gasteiger partial charge is 0.337 e. The first kappa shape index (κ1) is 29.5. The average molecular weight is 567 g/mol. The lowest BCUT2D eigenvalue weighted by Crippen LogP contribution is -2.50. The van der Waals surface area contributed by atoms with Crippen molar-refractivity contribution in [2.45, 2.75) is 70.9 Å².